The summed E-state index contributed by atoms with van der Waals surface area (Å²) in [6.45, 7) is 7.04. The van der Waals surface area contributed by atoms with Gasteiger partial charge in [0.2, 0.25) is 0 Å². The molecule has 0 unspecified atom stereocenters. The number of ketones is 1. The molecule has 0 saturated heterocycles. The van der Waals surface area contributed by atoms with Gasteiger partial charge in [-0.2, -0.15) is 5.26 Å². The van der Waals surface area contributed by atoms with E-state index >= 15 is 0 Å². The molecule has 146 valence electrons. The maximum Gasteiger partial charge on any atom is 0.146 e. The lowest BCUT2D eigenvalue weighted by atomic mass is 9.38. The first-order chi connectivity index (χ1) is 12.2. The highest BCUT2D eigenvalue weighted by Crippen LogP contribution is 2.67. The quantitative estimate of drug-likeness (QED) is 0.774. The summed E-state index contributed by atoms with van der Waals surface area (Å²) in [4.78, 5) is 13.1. The van der Waals surface area contributed by atoms with Crippen molar-refractivity contribution < 1.29 is 19.4 Å². The summed E-state index contributed by atoms with van der Waals surface area (Å²) >= 11 is 0. The predicted molar refractivity (Wildman–Crippen MR) is 97.0 cm³/mol. The Bertz CT molecular complexity index is 597. The summed E-state index contributed by atoms with van der Waals surface area (Å²) in [5.74, 6) is 0.311. The van der Waals surface area contributed by atoms with Gasteiger partial charge in [0.15, 0.2) is 0 Å². The molecule has 0 aromatic rings. The zero-order chi connectivity index (χ0) is 19.2. The van der Waals surface area contributed by atoms with Crippen LogP contribution in [0.1, 0.15) is 65.7 Å². The van der Waals surface area contributed by atoms with Crippen molar-refractivity contribution in [3.63, 3.8) is 0 Å². The van der Waals surface area contributed by atoms with Crippen molar-refractivity contribution in [1.82, 2.24) is 0 Å². The standard InChI is InChI=1S/C21H33NO4/c1-19(2)9-8-18(26-13-25-4)20(3)14-6-5-7-16(23)21(14,10-11-22)17(24)12-15(19)20/h14-15,17-18,24H,5-10,12-13H2,1-4H3/t14-,15+,17+,18-,20-,21+/m0/s1. The lowest BCUT2D eigenvalue weighted by Crippen LogP contribution is -2.68. The molecule has 5 nitrogen and oxygen atoms in total. The zero-order valence-electron chi connectivity index (χ0n) is 16.6. The number of carbonyl (C=O) groups excluding carboxylic acids is 1. The van der Waals surface area contributed by atoms with Crippen LogP contribution >= 0.6 is 0 Å². The van der Waals surface area contributed by atoms with Gasteiger partial charge < -0.3 is 14.6 Å². The van der Waals surface area contributed by atoms with Gasteiger partial charge in [-0.3, -0.25) is 4.79 Å². The predicted octanol–water partition coefficient (Wildman–Crippen LogP) is 3.45. The Hall–Kier alpha value is -0.960. The molecular weight excluding hydrogens is 330 g/mol. The molecule has 26 heavy (non-hydrogen) atoms. The van der Waals surface area contributed by atoms with Crippen molar-refractivity contribution in [1.29, 1.82) is 5.26 Å². The Balaban J connectivity index is 2.11. The number of Topliss-reactive ketones (excluding diaryl/α,β-unsaturated/α-hetero) is 1. The molecule has 0 heterocycles. The van der Waals surface area contributed by atoms with Crippen LogP contribution in [-0.4, -0.2) is 37.0 Å². The number of aliphatic hydroxyl groups excluding tert-OH is 1. The maximum atomic E-state index is 13.1. The van der Waals surface area contributed by atoms with E-state index in [1.54, 1.807) is 7.11 Å². The first-order valence-electron chi connectivity index (χ1n) is 9.94. The van der Waals surface area contributed by atoms with Crippen LogP contribution in [0, 0.1) is 39.4 Å². The molecule has 6 atom stereocenters. The molecule has 0 spiro atoms. The van der Waals surface area contributed by atoms with Crippen molar-refractivity contribution in [3.05, 3.63) is 0 Å². The summed E-state index contributed by atoms with van der Waals surface area (Å²) in [5, 5.41) is 20.7. The average molecular weight is 363 g/mol. The van der Waals surface area contributed by atoms with Crippen molar-refractivity contribution in [2.45, 2.75) is 77.9 Å². The van der Waals surface area contributed by atoms with Gasteiger partial charge in [0.05, 0.1) is 30.1 Å². The van der Waals surface area contributed by atoms with Gasteiger partial charge in [0, 0.05) is 18.9 Å². The topological polar surface area (TPSA) is 79.5 Å². The number of rotatable bonds is 4. The number of nitrogens with zero attached hydrogens (tertiary/aromatic N) is 1. The Morgan fingerprint density at radius 2 is 2.00 bits per heavy atom. The summed E-state index contributed by atoms with van der Waals surface area (Å²) in [6, 6.07) is 2.23. The van der Waals surface area contributed by atoms with E-state index in [4.69, 9.17) is 9.47 Å². The van der Waals surface area contributed by atoms with E-state index in [1.165, 1.54) is 0 Å². The minimum atomic E-state index is -0.930. The van der Waals surface area contributed by atoms with Crippen LogP contribution in [-0.2, 0) is 14.3 Å². The highest BCUT2D eigenvalue weighted by atomic mass is 16.7. The molecule has 1 N–H and O–H groups in total. The molecule has 0 aliphatic heterocycles. The lowest BCUT2D eigenvalue weighted by Gasteiger charge is -2.66. The molecule has 3 fully saturated rings. The molecule has 3 rings (SSSR count). The van der Waals surface area contributed by atoms with E-state index in [1.807, 2.05) is 0 Å². The third kappa shape index (κ3) is 2.65. The molecule has 0 amide bonds. The molecule has 3 aliphatic rings. The minimum absolute atomic E-state index is 0.0121. The number of hydrogen-bond acceptors (Lipinski definition) is 5. The molecule has 0 aromatic heterocycles. The summed E-state index contributed by atoms with van der Waals surface area (Å²) in [7, 11) is 1.63. The van der Waals surface area contributed by atoms with E-state index in [0.29, 0.717) is 12.8 Å². The van der Waals surface area contributed by atoms with Gasteiger partial charge in [0.1, 0.15) is 12.6 Å². The number of nitriles is 1. The van der Waals surface area contributed by atoms with Gasteiger partial charge in [0.25, 0.3) is 0 Å². The summed E-state index contributed by atoms with van der Waals surface area (Å²) < 4.78 is 11.3. The van der Waals surface area contributed by atoms with E-state index in [9.17, 15) is 15.2 Å². The van der Waals surface area contributed by atoms with Gasteiger partial charge in [-0.15, -0.1) is 0 Å². The molecule has 0 bridgehead atoms. The Morgan fingerprint density at radius 1 is 1.27 bits per heavy atom. The number of carbonyl (C=O) groups is 1. The Labute approximate surface area is 157 Å². The second-order valence-corrected chi connectivity index (χ2v) is 9.50. The largest absolute Gasteiger partial charge is 0.392 e. The Kier molecular flexibility index (Phi) is 5.24. The third-order valence-electron chi connectivity index (χ3n) is 8.04. The number of aliphatic hydroxyl groups is 1. The van der Waals surface area contributed by atoms with E-state index < -0.39 is 11.5 Å². The van der Waals surface area contributed by atoms with Crippen LogP contribution in [0.2, 0.25) is 0 Å². The van der Waals surface area contributed by atoms with E-state index in [0.717, 1.165) is 25.7 Å². The van der Waals surface area contributed by atoms with Crippen LogP contribution in [0.4, 0.5) is 0 Å². The SMILES string of the molecule is COCO[C@H]1CCC(C)(C)[C@H]2C[C@@H](O)[C@@]3(CC#N)C(=O)CCC[C@H]3[C@]12C. The van der Waals surface area contributed by atoms with Gasteiger partial charge in [-0.25, -0.2) is 0 Å². The molecule has 3 saturated carbocycles. The van der Waals surface area contributed by atoms with Crippen LogP contribution < -0.4 is 0 Å². The fourth-order valence-electron chi connectivity index (χ4n) is 6.85. The Morgan fingerprint density at radius 3 is 2.65 bits per heavy atom. The second-order valence-electron chi connectivity index (χ2n) is 9.50. The smallest absolute Gasteiger partial charge is 0.146 e. The summed E-state index contributed by atoms with van der Waals surface area (Å²) in [6.07, 6.45) is 4.07. The fraction of sp³-hybridized carbons (Fsp3) is 0.905. The maximum absolute atomic E-state index is 13.1. The van der Waals surface area contributed by atoms with Crippen molar-refractivity contribution in [2.24, 2.45) is 28.1 Å². The molecule has 0 radical (unpaired) electrons. The van der Waals surface area contributed by atoms with Gasteiger partial charge in [-0.1, -0.05) is 20.8 Å². The molecule has 3 aliphatic carbocycles. The number of fused-ring (bicyclic) bond motifs is 3. The first kappa shape index (κ1) is 19.8. The summed E-state index contributed by atoms with van der Waals surface area (Å²) in [5.41, 5.74) is -1.10. The average Bonchev–Trinajstić information content (AvgIpc) is 2.58. The van der Waals surface area contributed by atoms with Gasteiger partial charge >= 0.3 is 0 Å². The monoisotopic (exact) mass is 363 g/mol. The minimum Gasteiger partial charge on any atom is -0.392 e. The molecular formula is C21H33NO4. The normalized spacial score (nSPS) is 44.7. The molecule has 0 aromatic carbocycles. The van der Waals surface area contributed by atoms with E-state index in [2.05, 4.69) is 26.8 Å². The van der Waals surface area contributed by atoms with E-state index in [-0.39, 0.29) is 47.8 Å². The van der Waals surface area contributed by atoms with Crippen LogP contribution in [0.25, 0.3) is 0 Å². The first-order valence-corrected chi connectivity index (χ1v) is 9.94. The third-order valence-corrected chi connectivity index (χ3v) is 8.04. The van der Waals surface area contributed by atoms with Gasteiger partial charge in [-0.05, 0) is 49.4 Å². The van der Waals surface area contributed by atoms with Crippen LogP contribution in [0.3, 0.4) is 0 Å². The fourth-order valence-corrected chi connectivity index (χ4v) is 6.85. The number of methoxy groups -OCH3 is 1. The van der Waals surface area contributed by atoms with Crippen molar-refractivity contribution >= 4 is 5.78 Å². The number of ether oxygens (including phenoxy) is 2. The zero-order valence-corrected chi connectivity index (χ0v) is 16.6. The van der Waals surface area contributed by atoms with Crippen LogP contribution in [0.15, 0.2) is 0 Å². The lowest BCUT2D eigenvalue weighted by molar-refractivity contribution is -0.251. The second kappa shape index (κ2) is 6.89. The van der Waals surface area contributed by atoms with Crippen LogP contribution in [0.5, 0.6) is 0 Å². The number of hydrogen-bond donors (Lipinski definition) is 1. The highest BCUT2D eigenvalue weighted by molar-refractivity contribution is 5.87. The van der Waals surface area contributed by atoms with Crippen molar-refractivity contribution in [3.8, 4) is 6.07 Å². The molecule has 5 heteroatoms. The highest BCUT2D eigenvalue weighted by Gasteiger charge is 2.68. The van der Waals surface area contributed by atoms with Crippen molar-refractivity contribution in [2.75, 3.05) is 13.9 Å².